The van der Waals surface area contributed by atoms with Crippen LogP contribution in [0, 0.1) is 11.8 Å². The molecule has 0 aromatic heterocycles. The van der Waals surface area contributed by atoms with Gasteiger partial charge in [-0.2, -0.15) is 0 Å². The average molecular weight is 402 g/mol. The Morgan fingerprint density at radius 2 is 2.00 bits per heavy atom. The van der Waals surface area contributed by atoms with Gasteiger partial charge >= 0.3 is 5.97 Å². The fraction of sp³-hybridized carbons (Fsp3) is 0.478. The van der Waals surface area contributed by atoms with Crippen molar-refractivity contribution >= 4 is 5.97 Å². The summed E-state index contributed by atoms with van der Waals surface area (Å²) in [6, 6.07) is 9.23. The Hall–Kier alpha value is -2.37. The molecule has 1 aromatic rings. The third-order valence-electron chi connectivity index (χ3n) is 4.98. The second-order valence-electron chi connectivity index (χ2n) is 7.11. The normalized spacial score (nSPS) is 24.7. The first-order valence-corrected chi connectivity index (χ1v) is 9.87. The summed E-state index contributed by atoms with van der Waals surface area (Å²) in [7, 11) is 1.35. The van der Waals surface area contributed by atoms with Crippen molar-refractivity contribution in [3.8, 4) is 5.75 Å². The van der Waals surface area contributed by atoms with Gasteiger partial charge in [-0.1, -0.05) is 30.4 Å². The van der Waals surface area contributed by atoms with Crippen LogP contribution in [0.3, 0.4) is 0 Å². The van der Waals surface area contributed by atoms with E-state index in [-0.39, 0.29) is 24.4 Å². The van der Waals surface area contributed by atoms with E-state index < -0.39 is 18.3 Å². The summed E-state index contributed by atoms with van der Waals surface area (Å²) in [5.41, 5.74) is 3.01. The zero-order valence-corrected chi connectivity index (χ0v) is 16.7. The molecule has 0 bridgehead atoms. The molecule has 0 radical (unpaired) electrons. The number of aliphatic hydroxyl groups is 3. The highest BCUT2D eigenvalue weighted by atomic mass is 16.5. The van der Waals surface area contributed by atoms with Gasteiger partial charge in [0.05, 0.1) is 19.3 Å². The van der Waals surface area contributed by atoms with Crippen molar-refractivity contribution in [1.82, 2.24) is 0 Å². The maximum Gasteiger partial charge on any atom is 0.305 e. The number of hydrogen-bond acceptors (Lipinski definition) is 6. The molecule has 1 aliphatic rings. The van der Waals surface area contributed by atoms with Crippen molar-refractivity contribution < 1.29 is 29.6 Å². The van der Waals surface area contributed by atoms with Crippen LogP contribution < -0.4 is 4.74 Å². The summed E-state index contributed by atoms with van der Waals surface area (Å²) < 4.78 is 10.1. The van der Waals surface area contributed by atoms with Crippen molar-refractivity contribution in [2.45, 2.75) is 44.0 Å². The Labute approximate surface area is 171 Å². The van der Waals surface area contributed by atoms with Gasteiger partial charge in [0.15, 0.2) is 0 Å². The van der Waals surface area contributed by atoms with E-state index in [4.69, 9.17) is 4.74 Å². The molecule has 1 fully saturated rings. The first-order valence-electron chi connectivity index (χ1n) is 9.87. The molecule has 0 amide bonds. The molecule has 6 nitrogen and oxygen atoms in total. The molecule has 0 aliphatic heterocycles. The zero-order valence-electron chi connectivity index (χ0n) is 16.7. The average Bonchev–Trinajstić information content (AvgIpc) is 3.00. The molecule has 0 heterocycles. The highest BCUT2D eigenvalue weighted by Crippen LogP contribution is 2.36. The van der Waals surface area contributed by atoms with Gasteiger partial charge in [-0.3, -0.25) is 4.79 Å². The van der Waals surface area contributed by atoms with Crippen molar-refractivity contribution in [2.75, 3.05) is 13.7 Å². The van der Waals surface area contributed by atoms with E-state index >= 15 is 0 Å². The van der Waals surface area contributed by atoms with Crippen LogP contribution in [-0.4, -0.2) is 53.3 Å². The van der Waals surface area contributed by atoms with Crippen LogP contribution in [0.2, 0.25) is 0 Å². The van der Waals surface area contributed by atoms with Crippen LogP contribution in [0.25, 0.3) is 0 Å². The highest BCUT2D eigenvalue weighted by molar-refractivity contribution is 5.69. The quantitative estimate of drug-likeness (QED) is 0.316. The summed E-state index contributed by atoms with van der Waals surface area (Å²) in [4.78, 5) is 11.1. The van der Waals surface area contributed by atoms with Crippen LogP contribution >= 0.6 is 0 Å². The minimum absolute atomic E-state index is 0.110. The zero-order chi connectivity index (χ0) is 21.1. The molecule has 0 saturated heterocycles. The summed E-state index contributed by atoms with van der Waals surface area (Å²) >= 11 is 0. The summed E-state index contributed by atoms with van der Waals surface area (Å²) in [6.45, 7) is 0.110. The lowest BCUT2D eigenvalue weighted by Crippen LogP contribution is -2.21. The van der Waals surface area contributed by atoms with Gasteiger partial charge in [0, 0.05) is 18.8 Å². The predicted octanol–water partition coefficient (Wildman–Crippen LogP) is 2.40. The first-order chi connectivity index (χ1) is 14.0. The standard InChI is InChI=1S/C23H30O6/c1-28-23(27)12-8-3-2-7-11-19-20(22(26)15-21(19)25)14-13-17(24)16-29-18-9-5-4-6-10-18/h3-7,9-10,13-14,17,19-22,24-26H,8,11-12,15-16H2,1H3/b14-13+/t2?,17?,19-,20+,21+,22-/m0/s1. The number of aliphatic hydroxyl groups excluding tert-OH is 3. The SMILES string of the molecule is COC(=O)CCC=C=CC[C@H]1[C@@H](/C=C/C(O)COc2ccccc2)[C@@H](O)C[C@H]1O. The Morgan fingerprint density at radius 3 is 2.72 bits per heavy atom. The fourth-order valence-electron chi connectivity index (χ4n) is 3.38. The minimum atomic E-state index is -0.811. The number of para-hydroxylation sites is 1. The van der Waals surface area contributed by atoms with Gasteiger partial charge in [-0.15, -0.1) is 5.73 Å². The minimum Gasteiger partial charge on any atom is -0.491 e. The number of rotatable bonds is 10. The van der Waals surface area contributed by atoms with Crippen molar-refractivity contribution in [3.63, 3.8) is 0 Å². The molecule has 1 aromatic carbocycles. The van der Waals surface area contributed by atoms with Crippen LogP contribution in [0.5, 0.6) is 5.75 Å². The Kier molecular flexibility index (Phi) is 9.68. The highest BCUT2D eigenvalue weighted by Gasteiger charge is 2.39. The molecule has 1 saturated carbocycles. The fourth-order valence-corrected chi connectivity index (χ4v) is 3.38. The Morgan fingerprint density at radius 1 is 1.24 bits per heavy atom. The molecular formula is C23H30O6. The van der Waals surface area contributed by atoms with Gasteiger partial charge < -0.3 is 24.8 Å². The van der Waals surface area contributed by atoms with E-state index in [2.05, 4.69) is 10.5 Å². The molecule has 158 valence electrons. The monoisotopic (exact) mass is 402 g/mol. The van der Waals surface area contributed by atoms with Crippen molar-refractivity contribution in [3.05, 3.63) is 60.4 Å². The summed E-state index contributed by atoms with van der Waals surface area (Å²) in [5.74, 6) is -0.00911. The van der Waals surface area contributed by atoms with E-state index in [1.165, 1.54) is 7.11 Å². The van der Waals surface area contributed by atoms with E-state index in [0.29, 0.717) is 31.4 Å². The van der Waals surface area contributed by atoms with Crippen LogP contribution in [0.15, 0.2) is 60.4 Å². The number of benzene rings is 1. The number of hydrogen-bond donors (Lipinski definition) is 3. The third kappa shape index (κ3) is 7.87. The molecule has 29 heavy (non-hydrogen) atoms. The van der Waals surface area contributed by atoms with Crippen molar-refractivity contribution in [2.24, 2.45) is 11.8 Å². The van der Waals surface area contributed by atoms with Gasteiger partial charge in [0.1, 0.15) is 18.5 Å². The molecule has 1 aliphatic carbocycles. The number of carbonyl (C=O) groups is 1. The van der Waals surface area contributed by atoms with E-state index in [1.807, 2.05) is 30.3 Å². The van der Waals surface area contributed by atoms with Crippen LogP contribution in [-0.2, 0) is 9.53 Å². The maximum absolute atomic E-state index is 11.1. The van der Waals surface area contributed by atoms with Gasteiger partial charge in [0.25, 0.3) is 0 Å². The molecule has 5 atom stereocenters. The van der Waals surface area contributed by atoms with Gasteiger partial charge in [-0.05, 0) is 43.0 Å². The molecule has 2 rings (SSSR count). The lowest BCUT2D eigenvalue weighted by molar-refractivity contribution is -0.140. The van der Waals surface area contributed by atoms with Crippen molar-refractivity contribution in [1.29, 1.82) is 0 Å². The van der Waals surface area contributed by atoms with Crippen LogP contribution in [0.4, 0.5) is 0 Å². The molecular weight excluding hydrogens is 372 g/mol. The van der Waals surface area contributed by atoms with Crippen LogP contribution in [0.1, 0.15) is 25.7 Å². The first kappa shape index (κ1) is 22.9. The number of esters is 1. The lowest BCUT2D eigenvalue weighted by Gasteiger charge is -2.19. The van der Waals surface area contributed by atoms with E-state index in [1.54, 1.807) is 24.3 Å². The van der Waals surface area contributed by atoms with E-state index in [0.717, 1.165) is 0 Å². The predicted molar refractivity (Wildman–Crippen MR) is 109 cm³/mol. The number of allylic oxidation sites excluding steroid dienone is 1. The molecule has 0 spiro atoms. The number of methoxy groups -OCH3 is 1. The molecule has 1 unspecified atom stereocenters. The molecule has 3 N–H and O–H groups in total. The Balaban J connectivity index is 1.85. The smallest absolute Gasteiger partial charge is 0.305 e. The number of carbonyl (C=O) groups excluding carboxylic acids is 1. The van der Waals surface area contributed by atoms with E-state index in [9.17, 15) is 20.1 Å². The topological polar surface area (TPSA) is 96.2 Å². The number of ether oxygens (including phenoxy) is 2. The third-order valence-corrected chi connectivity index (χ3v) is 4.98. The largest absolute Gasteiger partial charge is 0.491 e. The second-order valence-corrected chi connectivity index (χ2v) is 7.11. The maximum atomic E-state index is 11.1. The van der Waals surface area contributed by atoms with Gasteiger partial charge in [0.2, 0.25) is 0 Å². The summed E-state index contributed by atoms with van der Waals surface area (Å²) in [5, 5.41) is 30.6. The summed E-state index contributed by atoms with van der Waals surface area (Å²) in [6.07, 6.45) is 6.52. The lowest BCUT2D eigenvalue weighted by atomic mass is 9.90. The molecule has 6 heteroatoms. The van der Waals surface area contributed by atoms with Gasteiger partial charge in [-0.25, -0.2) is 0 Å². The second kappa shape index (κ2) is 12.2. The Bertz CT molecular complexity index is 707.